The quantitative estimate of drug-likeness (QED) is 0.500. The zero-order valence-corrected chi connectivity index (χ0v) is 15.8. The Morgan fingerprint density at radius 2 is 1.57 bits per heavy atom. The van der Waals surface area contributed by atoms with Crippen LogP contribution >= 0.6 is 11.3 Å². The van der Waals surface area contributed by atoms with Crippen LogP contribution in [0.1, 0.15) is 17.2 Å². The maximum Gasteiger partial charge on any atom is 0.321 e. The van der Waals surface area contributed by atoms with Crippen molar-refractivity contribution in [3.8, 4) is 11.3 Å². The van der Waals surface area contributed by atoms with Crippen molar-refractivity contribution in [1.29, 1.82) is 0 Å². The van der Waals surface area contributed by atoms with Gasteiger partial charge in [-0.05, 0) is 23.3 Å². The van der Waals surface area contributed by atoms with E-state index in [2.05, 4.69) is 20.6 Å². The Hall–Kier alpha value is -3.51. The Balaban J connectivity index is 1.50. The second-order valence-electron chi connectivity index (χ2n) is 6.13. The Morgan fingerprint density at radius 3 is 2.18 bits per heavy atom. The number of benzene rings is 2. The number of amides is 2. The van der Waals surface area contributed by atoms with E-state index in [0.29, 0.717) is 5.13 Å². The minimum atomic E-state index is -0.301. The molecular weight excluding hydrogens is 368 g/mol. The lowest BCUT2D eigenvalue weighted by molar-refractivity contribution is 0.250. The van der Waals surface area contributed by atoms with Gasteiger partial charge in [0.1, 0.15) is 0 Å². The van der Waals surface area contributed by atoms with Gasteiger partial charge in [-0.2, -0.15) is 0 Å². The van der Waals surface area contributed by atoms with Crippen LogP contribution in [0.15, 0.2) is 90.6 Å². The molecule has 4 aromatic rings. The SMILES string of the molecule is O=C(Nc1nc(-c2cccnc2)cs1)NC(c1ccccc1)c1ccccc1. The maximum atomic E-state index is 12.6. The molecule has 0 bridgehead atoms. The largest absolute Gasteiger partial charge is 0.327 e. The van der Waals surface area contributed by atoms with E-state index in [4.69, 9.17) is 0 Å². The molecule has 0 radical (unpaired) electrons. The van der Waals surface area contributed by atoms with Gasteiger partial charge >= 0.3 is 6.03 Å². The molecule has 4 rings (SSSR count). The molecule has 0 saturated carbocycles. The first-order valence-corrected chi connectivity index (χ1v) is 9.71. The summed E-state index contributed by atoms with van der Waals surface area (Å²) in [6, 6.07) is 23.0. The molecule has 6 heteroatoms. The topological polar surface area (TPSA) is 66.9 Å². The molecule has 2 amide bonds. The molecule has 0 spiro atoms. The fraction of sp³-hybridized carbons (Fsp3) is 0.0455. The molecule has 5 nitrogen and oxygen atoms in total. The number of nitrogens with zero attached hydrogens (tertiary/aromatic N) is 2. The number of anilines is 1. The van der Waals surface area contributed by atoms with Crippen LogP contribution in [0.2, 0.25) is 0 Å². The third-order valence-corrected chi connectivity index (χ3v) is 4.98. The molecule has 2 aromatic heterocycles. The first kappa shape index (κ1) is 17.9. The minimum absolute atomic E-state index is 0.250. The molecule has 138 valence electrons. The lowest BCUT2D eigenvalue weighted by Gasteiger charge is -2.19. The maximum absolute atomic E-state index is 12.6. The van der Waals surface area contributed by atoms with Crippen LogP contribution in [0.3, 0.4) is 0 Å². The van der Waals surface area contributed by atoms with Crippen LogP contribution in [0.4, 0.5) is 9.93 Å². The number of urea groups is 1. The highest BCUT2D eigenvalue weighted by molar-refractivity contribution is 7.14. The van der Waals surface area contributed by atoms with Crippen LogP contribution in [0.25, 0.3) is 11.3 Å². The zero-order valence-electron chi connectivity index (χ0n) is 14.9. The van der Waals surface area contributed by atoms with Crippen LogP contribution in [-0.2, 0) is 0 Å². The molecule has 0 aliphatic heterocycles. The molecule has 2 heterocycles. The Labute approximate surface area is 167 Å². The van der Waals surface area contributed by atoms with Crippen LogP contribution in [0, 0.1) is 0 Å². The van der Waals surface area contributed by atoms with Crippen molar-refractivity contribution in [2.24, 2.45) is 0 Å². The summed E-state index contributed by atoms with van der Waals surface area (Å²) in [6.45, 7) is 0. The van der Waals surface area contributed by atoms with E-state index in [9.17, 15) is 4.79 Å². The molecule has 0 saturated heterocycles. The number of hydrogen-bond acceptors (Lipinski definition) is 4. The summed E-state index contributed by atoms with van der Waals surface area (Å²) in [5, 5.41) is 8.33. The van der Waals surface area contributed by atoms with Crippen LogP contribution in [0.5, 0.6) is 0 Å². The number of pyridine rings is 1. The summed E-state index contributed by atoms with van der Waals surface area (Å²) >= 11 is 1.38. The van der Waals surface area contributed by atoms with E-state index in [1.54, 1.807) is 12.4 Å². The predicted octanol–water partition coefficient (Wildman–Crippen LogP) is 5.12. The van der Waals surface area contributed by atoms with E-state index in [-0.39, 0.29) is 12.1 Å². The summed E-state index contributed by atoms with van der Waals surface area (Å²) in [7, 11) is 0. The number of hydrogen-bond donors (Lipinski definition) is 2. The molecule has 0 atom stereocenters. The smallest absolute Gasteiger partial charge is 0.321 e. The van der Waals surface area contributed by atoms with Crippen LogP contribution < -0.4 is 10.6 Å². The van der Waals surface area contributed by atoms with Gasteiger partial charge in [-0.15, -0.1) is 11.3 Å². The number of thiazole rings is 1. The van der Waals surface area contributed by atoms with Gasteiger partial charge in [0, 0.05) is 23.3 Å². The summed E-state index contributed by atoms with van der Waals surface area (Å²) < 4.78 is 0. The number of nitrogens with one attached hydrogen (secondary N) is 2. The van der Waals surface area contributed by atoms with Gasteiger partial charge in [-0.25, -0.2) is 9.78 Å². The van der Waals surface area contributed by atoms with E-state index in [1.165, 1.54) is 11.3 Å². The fourth-order valence-corrected chi connectivity index (χ4v) is 3.61. The van der Waals surface area contributed by atoms with Crippen molar-refractivity contribution in [3.05, 3.63) is 102 Å². The van der Waals surface area contributed by atoms with Gasteiger partial charge in [0.05, 0.1) is 11.7 Å². The summed E-state index contributed by atoms with van der Waals surface area (Å²) in [5.74, 6) is 0. The lowest BCUT2D eigenvalue weighted by Crippen LogP contribution is -2.33. The molecule has 2 N–H and O–H groups in total. The number of carbonyl (C=O) groups excluding carboxylic acids is 1. The fourth-order valence-electron chi connectivity index (χ4n) is 2.89. The molecule has 0 unspecified atom stereocenters. The van der Waals surface area contributed by atoms with Gasteiger partial charge in [-0.1, -0.05) is 60.7 Å². The molecular formula is C22H18N4OS. The third kappa shape index (κ3) is 4.24. The molecule has 2 aromatic carbocycles. The first-order chi connectivity index (χ1) is 13.8. The summed E-state index contributed by atoms with van der Waals surface area (Å²) in [4.78, 5) is 21.2. The van der Waals surface area contributed by atoms with Gasteiger partial charge in [0.25, 0.3) is 0 Å². The summed E-state index contributed by atoms with van der Waals surface area (Å²) in [6.07, 6.45) is 3.47. The van der Waals surface area contributed by atoms with Gasteiger partial charge in [0.15, 0.2) is 5.13 Å². The highest BCUT2D eigenvalue weighted by atomic mass is 32.1. The normalized spacial score (nSPS) is 10.6. The Bertz CT molecular complexity index is 996. The van der Waals surface area contributed by atoms with Crippen molar-refractivity contribution in [3.63, 3.8) is 0 Å². The first-order valence-electron chi connectivity index (χ1n) is 8.83. The van der Waals surface area contributed by atoms with Crippen molar-refractivity contribution in [2.45, 2.75) is 6.04 Å². The number of carbonyl (C=O) groups is 1. The van der Waals surface area contributed by atoms with Crippen molar-refractivity contribution in [1.82, 2.24) is 15.3 Å². The van der Waals surface area contributed by atoms with Gasteiger partial charge in [-0.3, -0.25) is 10.3 Å². The van der Waals surface area contributed by atoms with E-state index < -0.39 is 0 Å². The molecule has 0 aliphatic rings. The number of aromatic nitrogens is 2. The Kier molecular flexibility index (Phi) is 5.40. The van der Waals surface area contributed by atoms with E-state index in [0.717, 1.165) is 22.4 Å². The number of rotatable bonds is 5. The Morgan fingerprint density at radius 1 is 0.893 bits per heavy atom. The highest BCUT2D eigenvalue weighted by Gasteiger charge is 2.17. The lowest BCUT2D eigenvalue weighted by atomic mass is 9.99. The van der Waals surface area contributed by atoms with Gasteiger partial charge in [0.2, 0.25) is 0 Å². The van der Waals surface area contributed by atoms with Gasteiger partial charge < -0.3 is 5.32 Å². The molecule has 28 heavy (non-hydrogen) atoms. The monoisotopic (exact) mass is 386 g/mol. The van der Waals surface area contributed by atoms with Crippen LogP contribution in [-0.4, -0.2) is 16.0 Å². The minimum Gasteiger partial charge on any atom is -0.327 e. The van der Waals surface area contributed by atoms with Crippen molar-refractivity contribution in [2.75, 3.05) is 5.32 Å². The molecule has 0 aliphatic carbocycles. The second kappa shape index (κ2) is 8.45. The molecule has 0 fully saturated rings. The van der Waals surface area contributed by atoms with Crippen molar-refractivity contribution < 1.29 is 4.79 Å². The predicted molar refractivity (Wildman–Crippen MR) is 112 cm³/mol. The van der Waals surface area contributed by atoms with E-state index >= 15 is 0 Å². The van der Waals surface area contributed by atoms with E-state index in [1.807, 2.05) is 78.2 Å². The third-order valence-electron chi connectivity index (χ3n) is 4.22. The zero-order chi connectivity index (χ0) is 19.2. The second-order valence-corrected chi connectivity index (χ2v) is 6.99. The average Bonchev–Trinajstić information content (AvgIpc) is 3.22. The summed E-state index contributed by atoms with van der Waals surface area (Å²) in [5.41, 5.74) is 3.73. The standard InChI is InChI=1S/C22H18N4OS/c27-21(26-22-24-19(15-28-22)18-12-7-13-23-14-18)25-20(16-8-3-1-4-9-16)17-10-5-2-6-11-17/h1-15,20H,(H2,24,25,26,27). The van der Waals surface area contributed by atoms with Crippen molar-refractivity contribution >= 4 is 22.5 Å². The average molecular weight is 386 g/mol. The highest BCUT2D eigenvalue weighted by Crippen LogP contribution is 2.25.